The van der Waals surface area contributed by atoms with Gasteiger partial charge < -0.3 is 4.74 Å². The van der Waals surface area contributed by atoms with Crippen LogP contribution in [0.4, 0.5) is 26.3 Å². The molecule has 0 aliphatic carbocycles. The second kappa shape index (κ2) is 9.09. The Hall–Kier alpha value is -0.980. The molecule has 0 aliphatic heterocycles. The minimum absolute atomic E-state index is 0.0180. The van der Waals surface area contributed by atoms with E-state index in [1.54, 1.807) is 0 Å². The summed E-state index contributed by atoms with van der Waals surface area (Å²) in [5, 5.41) is 0. The maximum atomic E-state index is 12.2. The van der Waals surface area contributed by atoms with Gasteiger partial charge in [0.2, 0.25) is 0 Å². The first kappa shape index (κ1) is 16.0. The van der Waals surface area contributed by atoms with Crippen molar-refractivity contribution in [1.29, 1.82) is 0 Å². The molecule has 0 atom stereocenters. The van der Waals surface area contributed by atoms with Gasteiger partial charge in [-0.3, -0.25) is 0 Å². The highest BCUT2D eigenvalue weighted by Gasteiger charge is 2.05. The summed E-state index contributed by atoms with van der Waals surface area (Å²) in [7, 11) is 0. The number of hydrogen-bond acceptors (Lipinski definition) is 1. The van der Waals surface area contributed by atoms with Gasteiger partial charge in [0.25, 0.3) is 0 Å². The van der Waals surface area contributed by atoms with Gasteiger partial charge in [-0.1, -0.05) is 0 Å². The van der Waals surface area contributed by atoms with Gasteiger partial charge in [-0.05, 0) is 12.8 Å². The average Bonchev–Trinajstić information content (AvgIpc) is 2.26. The molecule has 0 aromatic heterocycles. The zero-order valence-electron chi connectivity index (χ0n) is 8.92. The van der Waals surface area contributed by atoms with Crippen LogP contribution >= 0.6 is 0 Å². The van der Waals surface area contributed by atoms with Crippen LogP contribution in [0, 0.1) is 0 Å². The van der Waals surface area contributed by atoms with E-state index in [0.29, 0.717) is 0 Å². The molecule has 0 unspecified atom stereocenters. The zero-order chi connectivity index (χ0) is 13.3. The number of ether oxygens (including phenoxy) is 1. The zero-order valence-corrected chi connectivity index (χ0v) is 8.92. The van der Waals surface area contributed by atoms with Gasteiger partial charge in [0.15, 0.2) is 11.7 Å². The molecular formula is C10H12F6O. The third-order valence-electron chi connectivity index (χ3n) is 1.78. The van der Waals surface area contributed by atoms with Crippen molar-refractivity contribution in [3.63, 3.8) is 0 Å². The SMILES string of the molecule is FC(F)=C(F)CCCOCCCC(F)=C(F)F. The highest BCUT2D eigenvalue weighted by atomic mass is 19.3. The topological polar surface area (TPSA) is 9.23 Å². The largest absolute Gasteiger partial charge is 0.381 e. The van der Waals surface area contributed by atoms with Crippen LogP contribution in [0.15, 0.2) is 23.8 Å². The number of hydrogen-bond donors (Lipinski definition) is 0. The summed E-state index contributed by atoms with van der Waals surface area (Å²) >= 11 is 0. The van der Waals surface area contributed by atoms with Gasteiger partial charge >= 0.3 is 12.2 Å². The van der Waals surface area contributed by atoms with Gasteiger partial charge in [0.1, 0.15) is 0 Å². The highest BCUT2D eigenvalue weighted by Crippen LogP contribution is 2.16. The van der Waals surface area contributed by atoms with Crippen LogP contribution in [0.1, 0.15) is 25.7 Å². The molecule has 0 fully saturated rings. The Balaban J connectivity index is 3.43. The van der Waals surface area contributed by atoms with Crippen molar-refractivity contribution in [1.82, 2.24) is 0 Å². The average molecular weight is 262 g/mol. The Morgan fingerprint density at radius 2 is 1.00 bits per heavy atom. The van der Waals surface area contributed by atoms with Gasteiger partial charge in [-0.15, -0.1) is 0 Å². The second-order valence-corrected chi connectivity index (χ2v) is 3.15. The summed E-state index contributed by atoms with van der Waals surface area (Å²) in [5.74, 6) is -2.97. The van der Waals surface area contributed by atoms with Gasteiger partial charge in [0, 0.05) is 26.1 Å². The Labute approximate surface area is 94.8 Å². The quantitative estimate of drug-likeness (QED) is 0.454. The van der Waals surface area contributed by atoms with Crippen molar-refractivity contribution in [2.45, 2.75) is 25.7 Å². The Kier molecular flexibility index (Phi) is 8.57. The van der Waals surface area contributed by atoms with E-state index in [1.807, 2.05) is 0 Å². The van der Waals surface area contributed by atoms with E-state index >= 15 is 0 Å². The van der Waals surface area contributed by atoms with Crippen LogP contribution in [0.5, 0.6) is 0 Å². The van der Waals surface area contributed by atoms with Crippen LogP contribution in [-0.4, -0.2) is 13.2 Å². The van der Waals surface area contributed by atoms with Crippen LogP contribution in [0.25, 0.3) is 0 Å². The molecule has 0 amide bonds. The van der Waals surface area contributed by atoms with E-state index in [-0.39, 0.29) is 26.1 Å². The minimum atomic E-state index is -2.35. The molecule has 0 aliphatic rings. The molecule has 100 valence electrons. The second-order valence-electron chi connectivity index (χ2n) is 3.15. The van der Waals surface area contributed by atoms with E-state index in [4.69, 9.17) is 4.74 Å². The number of allylic oxidation sites excluding steroid dienone is 2. The molecule has 0 N–H and O–H groups in total. The third-order valence-corrected chi connectivity index (χ3v) is 1.78. The standard InChI is InChI=1S/C10H12F6O/c11-7(9(13)14)3-1-5-17-6-2-4-8(12)10(15)16/h1-6H2. The first-order valence-electron chi connectivity index (χ1n) is 4.92. The van der Waals surface area contributed by atoms with E-state index < -0.39 is 36.7 Å². The molecule has 0 saturated carbocycles. The molecule has 0 rings (SSSR count). The first-order valence-corrected chi connectivity index (χ1v) is 4.92. The molecule has 0 heterocycles. The highest BCUT2D eigenvalue weighted by molar-refractivity contribution is 4.91. The predicted octanol–water partition coefficient (Wildman–Crippen LogP) is 4.72. The van der Waals surface area contributed by atoms with Crippen LogP contribution < -0.4 is 0 Å². The third kappa shape index (κ3) is 8.79. The van der Waals surface area contributed by atoms with Gasteiger partial charge in [-0.2, -0.15) is 17.6 Å². The lowest BCUT2D eigenvalue weighted by Crippen LogP contribution is -1.97. The fraction of sp³-hybridized carbons (Fsp3) is 0.600. The minimum Gasteiger partial charge on any atom is -0.381 e. The van der Waals surface area contributed by atoms with Crippen molar-refractivity contribution < 1.29 is 31.1 Å². The monoisotopic (exact) mass is 262 g/mol. The Bertz CT molecular complexity index is 251. The molecule has 0 aromatic carbocycles. The summed E-state index contributed by atoms with van der Waals surface area (Å²) in [5.41, 5.74) is 0. The van der Waals surface area contributed by atoms with Crippen molar-refractivity contribution in [3.05, 3.63) is 23.8 Å². The maximum absolute atomic E-state index is 12.2. The number of rotatable bonds is 8. The van der Waals surface area contributed by atoms with Crippen LogP contribution in [0.3, 0.4) is 0 Å². The molecule has 0 saturated heterocycles. The lowest BCUT2D eigenvalue weighted by atomic mass is 10.3. The van der Waals surface area contributed by atoms with E-state index in [0.717, 1.165) is 0 Å². The lowest BCUT2D eigenvalue weighted by molar-refractivity contribution is 0.126. The maximum Gasteiger partial charge on any atom is 0.301 e. The molecule has 0 spiro atoms. The summed E-state index contributed by atoms with van der Waals surface area (Å²) in [4.78, 5) is 0. The smallest absolute Gasteiger partial charge is 0.301 e. The lowest BCUT2D eigenvalue weighted by Gasteiger charge is -2.02. The molecule has 7 heteroatoms. The molecular weight excluding hydrogens is 250 g/mol. The Morgan fingerprint density at radius 3 is 1.29 bits per heavy atom. The fourth-order valence-corrected chi connectivity index (χ4v) is 0.950. The molecule has 0 aromatic rings. The van der Waals surface area contributed by atoms with Crippen molar-refractivity contribution in [2.75, 3.05) is 13.2 Å². The normalized spacial score (nSPS) is 10.2. The van der Waals surface area contributed by atoms with Crippen molar-refractivity contribution in [3.8, 4) is 0 Å². The molecule has 0 radical (unpaired) electrons. The van der Waals surface area contributed by atoms with Crippen molar-refractivity contribution >= 4 is 0 Å². The van der Waals surface area contributed by atoms with Gasteiger partial charge in [0.05, 0.1) is 0 Å². The number of halogens is 6. The van der Waals surface area contributed by atoms with E-state index in [9.17, 15) is 26.3 Å². The Morgan fingerprint density at radius 1 is 0.647 bits per heavy atom. The van der Waals surface area contributed by atoms with Crippen LogP contribution in [-0.2, 0) is 4.74 Å². The molecule has 17 heavy (non-hydrogen) atoms. The summed E-state index contributed by atoms with van der Waals surface area (Å²) < 4.78 is 75.6. The molecule has 0 bridgehead atoms. The van der Waals surface area contributed by atoms with Crippen molar-refractivity contribution in [2.24, 2.45) is 0 Å². The van der Waals surface area contributed by atoms with E-state index in [1.165, 1.54) is 0 Å². The van der Waals surface area contributed by atoms with Gasteiger partial charge in [-0.25, -0.2) is 8.78 Å². The first-order chi connectivity index (χ1) is 7.95. The van der Waals surface area contributed by atoms with Crippen LogP contribution in [0.2, 0.25) is 0 Å². The molecule has 1 nitrogen and oxygen atoms in total. The van der Waals surface area contributed by atoms with E-state index in [2.05, 4.69) is 0 Å². The summed E-state index contributed by atoms with van der Waals surface area (Å²) in [6.45, 7) is 0.0360. The summed E-state index contributed by atoms with van der Waals surface area (Å²) in [6, 6.07) is 0. The predicted molar refractivity (Wildman–Crippen MR) is 50.0 cm³/mol. The summed E-state index contributed by atoms with van der Waals surface area (Å²) in [6.07, 6.45) is -5.46. The fourth-order valence-electron chi connectivity index (χ4n) is 0.950.